The molecule has 0 aliphatic heterocycles. The molecule has 2 aromatic heterocycles. The van der Waals surface area contributed by atoms with Gasteiger partial charge in [-0.05, 0) is 48.6 Å². The zero-order valence-electron chi connectivity index (χ0n) is 16.5. The summed E-state index contributed by atoms with van der Waals surface area (Å²) in [5.74, 6) is -0.121. The SMILES string of the molecule is Cc1nc(N)nc2c1/C(=N/OCCO)C[C@H](c1ccc(F)cc1-c1cccnc1)C2. The maximum Gasteiger partial charge on any atom is 0.220 e. The second-order valence-electron chi connectivity index (χ2n) is 7.16. The van der Waals surface area contributed by atoms with Crippen molar-refractivity contribution in [2.45, 2.75) is 25.7 Å². The van der Waals surface area contributed by atoms with E-state index in [1.807, 2.05) is 19.1 Å². The van der Waals surface area contributed by atoms with Crippen LogP contribution >= 0.6 is 0 Å². The summed E-state index contributed by atoms with van der Waals surface area (Å²) in [6.45, 7) is 1.82. The van der Waals surface area contributed by atoms with E-state index in [1.54, 1.807) is 18.5 Å². The van der Waals surface area contributed by atoms with Gasteiger partial charge in [-0.15, -0.1) is 0 Å². The minimum absolute atomic E-state index is 0.0153. The zero-order chi connectivity index (χ0) is 21.1. The Bertz CT molecular complexity index is 1090. The molecule has 8 heteroatoms. The van der Waals surface area contributed by atoms with Crippen molar-refractivity contribution in [1.29, 1.82) is 0 Å². The normalized spacial score (nSPS) is 17.0. The first kappa shape index (κ1) is 19.9. The number of aliphatic hydroxyl groups excluding tert-OH is 1. The van der Waals surface area contributed by atoms with Gasteiger partial charge in [0.25, 0.3) is 0 Å². The summed E-state index contributed by atoms with van der Waals surface area (Å²) in [4.78, 5) is 18.1. The van der Waals surface area contributed by atoms with Crippen LogP contribution < -0.4 is 5.73 Å². The molecule has 7 nitrogen and oxygen atoms in total. The Kier molecular flexibility index (Phi) is 5.67. The Morgan fingerprint density at radius 1 is 1.27 bits per heavy atom. The maximum atomic E-state index is 14.1. The van der Waals surface area contributed by atoms with Crippen LogP contribution in [-0.2, 0) is 11.3 Å². The number of nitrogen functional groups attached to an aromatic ring is 1. The Balaban J connectivity index is 1.80. The van der Waals surface area contributed by atoms with Gasteiger partial charge < -0.3 is 15.7 Å². The summed E-state index contributed by atoms with van der Waals surface area (Å²) in [6.07, 6.45) is 4.58. The third-order valence-electron chi connectivity index (χ3n) is 5.14. The van der Waals surface area contributed by atoms with E-state index in [0.29, 0.717) is 18.6 Å². The van der Waals surface area contributed by atoms with Gasteiger partial charge in [0.1, 0.15) is 12.4 Å². The van der Waals surface area contributed by atoms with Crippen molar-refractivity contribution < 1.29 is 14.3 Å². The minimum atomic E-state index is -0.309. The van der Waals surface area contributed by atoms with Gasteiger partial charge in [0.2, 0.25) is 5.95 Å². The van der Waals surface area contributed by atoms with Crippen molar-refractivity contribution in [3.63, 3.8) is 0 Å². The summed E-state index contributed by atoms with van der Waals surface area (Å²) in [7, 11) is 0. The Morgan fingerprint density at radius 2 is 2.13 bits per heavy atom. The molecule has 0 amide bonds. The van der Waals surface area contributed by atoms with E-state index in [2.05, 4.69) is 20.1 Å². The molecule has 1 atom stereocenters. The van der Waals surface area contributed by atoms with E-state index < -0.39 is 0 Å². The molecule has 0 saturated heterocycles. The Morgan fingerprint density at radius 3 is 2.90 bits per heavy atom. The highest BCUT2D eigenvalue weighted by Crippen LogP contribution is 2.38. The summed E-state index contributed by atoms with van der Waals surface area (Å²) in [6, 6.07) is 8.53. The first-order chi connectivity index (χ1) is 14.6. The van der Waals surface area contributed by atoms with E-state index in [0.717, 1.165) is 33.6 Å². The number of fused-ring (bicyclic) bond motifs is 1. The number of hydrogen-bond donors (Lipinski definition) is 2. The van der Waals surface area contributed by atoms with Gasteiger partial charge in [-0.25, -0.2) is 14.4 Å². The number of oxime groups is 1. The second-order valence-corrected chi connectivity index (χ2v) is 7.16. The molecule has 1 aromatic carbocycles. The standard InChI is InChI=1S/C22H22FN5O2/c1-13-21-19(27-22(24)26-13)9-15(10-20(21)28-30-8-7-29)17-5-4-16(23)11-18(17)14-3-2-6-25-12-14/h2-6,11-12,15,29H,7-10H2,1H3,(H2,24,26,27)/b28-20+/t15-/m1/s1. The third kappa shape index (κ3) is 3.99. The van der Waals surface area contributed by atoms with Crippen molar-refractivity contribution in [3.8, 4) is 11.1 Å². The van der Waals surface area contributed by atoms with Gasteiger partial charge in [0, 0.05) is 29.9 Å². The van der Waals surface area contributed by atoms with E-state index in [1.165, 1.54) is 12.1 Å². The van der Waals surface area contributed by atoms with Crippen LogP contribution in [0.1, 0.15) is 34.9 Å². The summed E-state index contributed by atoms with van der Waals surface area (Å²) in [5, 5.41) is 13.3. The van der Waals surface area contributed by atoms with Crippen LogP contribution in [0.5, 0.6) is 0 Å². The minimum Gasteiger partial charge on any atom is -0.393 e. The molecule has 0 saturated carbocycles. The van der Waals surface area contributed by atoms with Crippen LogP contribution in [0.2, 0.25) is 0 Å². The van der Waals surface area contributed by atoms with Crippen LogP contribution in [0.4, 0.5) is 10.3 Å². The van der Waals surface area contributed by atoms with E-state index in [-0.39, 0.29) is 30.9 Å². The molecule has 1 aliphatic carbocycles. The topological polar surface area (TPSA) is 107 Å². The number of aromatic nitrogens is 3. The van der Waals surface area contributed by atoms with E-state index in [9.17, 15) is 4.39 Å². The molecule has 0 spiro atoms. The highest BCUT2D eigenvalue weighted by molar-refractivity contribution is 6.03. The zero-order valence-corrected chi connectivity index (χ0v) is 16.5. The molecule has 154 valence electrons. The van der Waals surface area contributed by atoms with Crippen LogP contribution in [-0.4, -0.2) is 39.0 Å². The van der Waals surface area contributed by atoms with Crippen molar-refractivity contribution in [1.82, 2.24) is 15.0 Å². The lowest BCUT2D eigenvalue weighted by atomic mass is 9.78. The number of aliphatic hydroxyl groups is 1. The fourth-order valence-corrected chi connectivity index (χ4v) is 3.94. The van der Waals surface area contributed by atoms with Crippen LogP contribution in [0.15, 0.2) is 47.9 Å². The molecule has 0 fully saturated rings. The number of rotatable bonds is 5. The molecule has 3 aromatic rings. The lowest BCUT2D eigenvalue weighted by molar-refractivity contribution is 0.0981. The number of hydrogen-bond acceptors (Lipinski definition) is 7. The number of anilines is 1. The van der Waals surface area contributed by atoms with Gasteiger partial charge in [-0.3, -0.25) is 4.98 Å². The van der Waals surface area contributed by atoms with Crippen LogP contribution in [0, 0.1) is 12.7 Å². The van der Waals surface area contributed by atoms with Gasteiger partial charge in [0.15, 0.2) is 0 Å². The smallest absolute Gasteiger partial charge is 0.220 e. The molecule has 0 radical (unpaired) electrons. The van der Waals surface area contributed by atoms with E-state index in [4.69, 9.17) is 15.7 Å². The fraction of sp³-hybridized carbons (Fsp3) is 0.273. The number of nitrogens with two attached hydrogens (primary N) is 1. The van der Waals surface area contributed by atoms with Crippen molar-refractivity contribution in [3.05, 3.63) is 71.1 Å². The molecule has 2 heterocycles. The third-order valence-corrected chi connectivity index (χ3v) is 5.14. The van der Waals surface area contributed by atoms with Gasteiger partial charge in [-0.1, -0.05) is 17.3 Å². The quantitative estimate of drug-likeness (QED) is 0.497. The number of benzene rings is 1. The molecule has 1 aliphatic rings. The predicted molar refractivity (Wildman–Crippen MR) is 111 cm³/mol. The first-order valence-electron chi connectivity index (χ1n) is 9.69. The van der Waals surface area contributed by atoms with Crippen molar-refractivity contribution >= 4 is 11.7 Å². The molecule has 3 N–H and O–H groups in total. The van der Waals surface area contributed by atoms with Crippen molar-refractivity contribution in [2.24, 2.45) is 5.16 Å². The largest absolute Gasteiger partial charge is 0.393 e. The predicted octanol–water partition coefficient (Wildman–Crippen LogP) is 3.01. The molecule has 4 rings (SSSR count). The highest BCUT2D eigenvalue weighted by Gasteiger charge is 2.30. The van der Waals surface area contributed by atoms with Gasteiger partial charge in [0.05, 0.1) is 23.7 Å². The van der Waals surface area contributed by atoms with Gasteiger partial charge >= 0.3 is 0 Å². The highest BCUT2D eigenvalue weighted by atomic mass is 19.1. The summed E-state index contributed by atoms with van der Waals surface area (Å²) < 4.78 is 14.1. The Labute approximate surface area is 173 Å². The van der Waals surface area contributed by atoms with E-state index >= 15 is 0 Å². The number of nitrogens with zero attached hydrogens (tertiary/aromatic N) is 4. The number of halogens is 1. The van der Waals surface area contributed by atoms with Crippen molar-refractivity contribution in [2.75, 3.05) is 18.9 Å². The van der Waals surface area contributed by atoms with Crippen LogP contribution in [0.3, 0.4) is 0 Å². The molecule has 0 unspecified atom stereocenters. The average Bonchev–Trinajstić information content (AvgIpc) is 2.73. The lowest BCUT2D eigenvalue weighted by Gasteiger charge is -2.28. The van der Waals surface area contributed by atoms with Crippen LogP contribution in [0.25, 0.3) is 11.1 Å². The monoisotopic (exact) mass is 407 g/mol. The second kappa shape index (κ2) is 8.54. The molecule has 30 heavy (non-hydrogen) atoms. The first-order valence-corrected chi connectivity index (χ1v) is 9.69. The number of pyridine rings is 1. The molecular formula is C22H22FN5O2. The van der Waals surface area contributed by atoms with Gasteiger partial charge in [-0.2, -0.15) is 0 Å². The lowest BCUT2D eigenvalue weighted by Crippen LogP contribution is -2.24. The summed E-state index contributed by atoms with van der Waals surface area (Å²) in [5.41, 5.74) is 11.5. The fourth-order valence-electron chi connectivity index (χ4n) is 3.94. The molecular weight excluding hydrogens is 385 g/mol. The number of aryl methyl sites for hydroxylation is 1. The maximum absolute atomic E-state index is 14.1. The Hall–Kier alpha value is -3.39. The molecule has 0 bridgehead atoms. The summed E-state index contributed by atoms with van der Waals surface area (Å²) >= 11 is 0. The average molecular weight is 407 g/mol.